The van der Waals surface area contributed by atoms with Crippen molar-refractivity contribution in [3.05, 3.63) is 42.2 Å². The van der Waals surface area contributed by atoms with Gasteiger partial charge < -0.3 is 10.6 Å². The van der Waals surface area contributed by atoms with Crippen LogP contribution >= 0.6 is 0 Å². The summed E-state index contributed by atoms with van der Waals surface area (Å²) in [7, 11) is 1.74. The molecule has 0 fully saturated rings. The van der Waals surface area contributed by atoms with Gasteiger partial charge in [-0.2, -0.15) is 5.10 Å². The van der Waals surface area contributed by atoms with Crippen LogP contribution in [0.4, 0.5) is 11.6 Å². The van der Waals surface area contributed by atoms with Crippen molar-refractivity contribution in [2.45, 2.75) is 0 Å². The Morgan fingerprint density at radius 3 is 2.71 bits per heavy atom. The number of carbonyl (C=O) groups excluding carboxylic acids is 1. The molecule has 0 aliphatic rings. The Hall–Kier alpha value is -2.50. The van der Waals surface area contributed by atoms with Crippen LogP contribution in [-0.2, 0) is 0 Å². The SMILES string of the molecule is CNc1cccc(C(=O)Nc2cccnn2)n1. The van der Waals surface area contributed by atoms with E-state index in [1.807, 2.05) is 0 Å². The van der Waals surface area contributed by atoms with E-state index in [0.29, 0.717) is 17.3 Å². The Bertz CT molecular complexity index is 514. The molecule has 2 heterocycles. The average Bonchev–Trinajstić information content (AvgIpc) is 2.40. The first kappa shape index (κ1) is 11.0. The number of amides is 1. The minimum atomic E-state index is -0.317. The van der Waals surface area contributed by atoms with Crippen molar-refractivity contribution in [2.24, 2.45) is 0 Å². The van der Waals surface area contributed by atoms with Gasteiger partial charge in [-0.1, -0.05) is 6.07 Å². The monoisotopic (exact) mass is 229 g/mol. The number of nitrogens with one attached hydrogen (secondary N) is 2. The van der Waals surface area contributed by atoms with Crippen LogP contribution in [0, 0.1) is 0 Å². The van der Waals surface area contributed by atoms with Crippen molar-refractivity contribution in [1.82, 2.24) is 15.2 Å². The largest absolute Gasteiger partial charge is 0.373 e. The molecule has 0 aliphatic carbocycles. The van der Waals surface area contributed by atoms with Crippen LogP contribution in [0.5, 0.6) is 0 Å². The van der Waals surface area contributed by atoms with Gasteiger partial charge in [0.25, 0.3) is 5.91 Å². The van der Waals surface area contributed by atoms with Crippen LogP contribution in [-0.4, -0.2) is 28.1 Å². The maximum atomic E-state index is 11.8. The Morgan fingerprint density at radius 2 is 2.00 bits per heavy atom. The molecule has 17 heavy (non-hydrogen) atoms. The third-order valence-corrected chi connectivity index (χ3v) is 2.05. The van der Waals surface area contributed by atoms with Gasteiger partial charge in [-0.15, -0.1) is 5.10 Å². The summed E-state index contributed by atoms with van der Waals surface area (Å²) >= 11 is 0. The third-order valence-electron chi connectivity index (χ3n) is 2.05. The van der Waals surface area contributed by atoms with E-state index >= 15 is 0 Å². The van der Waals surface area contributed by atoms with Crippen LogP contribution in [0.15, 0.2) is 36.5 Å². The molecule has 2 rings (SSSR count). The van der Waals surface area contributed by atoms with Gasteiger partial charge in [0.15, 0.2) is 5.82 Å². The van der Waals surface area contributed by atoms with Gasteiger partial charge in [0.1, 0.15) is 11.5 Å². The van der Waals surface area contributed by atoms with Crippen LogP contribution in [0.3, 0.4) is 0 Å². The molecule has 0 bridgehead atoms. The first-order chi connectivity index (χ1) is 8.29. The molecule has 0 spiro atoms. The number of hydrogen-bond donors (Lipinski definition) is 2. The van der Waals surface area contributed by atoms with Crippen molar-refractivity contribution in [3.8, 4) is 0 Å². The first-order valence-corrected chi connectivity index (χ1v) is 5.03. The van der Waals surface area contributed by atoms with Crippen molar-refractivity contribution in [2.75, 3.05) is 17.7 Å². The van der Waals surface area contributed by atoms with Gasteiger partial charge in [0.05, 0.1) is 0 Å². The highest BCUT2D eigenvalue weighted by Crippen LogP contribution is 2.06. The number of carbonyl (C=O) groups is 1. The van der Waals surface area contributed by atoms with Crippen molar-refractivity contribution < 1.29 is 4.79 Å². The van der Waals surface area contributed by atoms with Crippen LogP contribution in [0.1, 0.15) is 10.5 Å². The standard InChI is InChI=1S/C11H11N5O/c1-12-9-5-2-4-8(14-9)11(17)15-10-6-3-7-13-16-10/h2-7H,1H3,(H,12,14)(H,15,16,17). The molecule has 86 valence electrons. The minimum absolute atomic E-state index is 0.317. The highest BCUT2D eigenvalue weighted by Gasteiger charge is 2.08. The summed E-state index contributed by atoms with van der Waals surface area (Å²) in [6.45, 7) is 0. The Morgan fingerprint density at radius 1 is 1.18 bits per heavy atom. The van der Waals surface area contributed by atoms with Crippen LogP contribution in [0.25, 0.3) is 0 Å². The molecule has 0 radical (unpaired) electrons. The van der Waals surface area contributed by atoms with Crippen molar-refractivity contribution in [3.63, 3.8) is 0 Å². The lowest BCUT2D eigenvalue weighted by atomic mass is 10.3. The van der Waals surface area contributed by atoms with Gasteiger partial charge >= 0.3 is 0 Å². The quantitative estimate of drug-likeness (QED) is 0.825. The second-order valence-electron chi connectivity index (χ2n) is 3.22. The van der Waals surface area contributed by atoms with Gasteiger partial charge in [-0.25, -0.2) is 4.98 Å². The average molecular weight is 229 g/mol. The zero-order chi connectivity index (χ0) is 12.1. The fraction of sp³-hybridized carbons (Fsp3) is 0.0909. The highest BCUT2D eigenvalue weighted by molar-refractivity contribution is 6.02. The van der Waals surface area contributed by atoms with E-state index in [9.17, 15) is 4.79 Å². The van der Waals surface area contributed by atoms with Gasteiger partial charge in [-0.05, 0) is 24.3 Å². The Labute approximate surface area is 98.1 Å². The van der Waals surface area contributed by atoms with Crippen molar-refractivity contribution >= 4 is 17.5 Å². The smallest absolute Gasteiger partial charge is 0.275 e. The molecule has 0 saturated carbocycles. The maximum Gasteiger partial charge on any atom is 0.275 e. The fourth-order valence-corrected chi connectivity index (χ4v) is 1.25. The number of rotatable bonds is 3. The second kappa shape index (κ2) is 5.02. The normalized spacial score (nSPS) is 9.71. The summed E-state index contributed by atoms with van der Waals surface area (Å²) in [5, 5.41) is 12.9. The fourth-order valence-electron chi connectivity index (χ4n) is 1.25. The second-order valence-corrected chi connectivity index (χ2v) is 3.22. The molecule has 6 heteroatoms. The zero-order valence-electron chi connectivity index (χ0n) is 9.21. The predicted molar refractivity (Wildman–Crippen MR) is 63.8 cm³/mol. The highest BCUT2D eigenvalue weighted by atomic mass is 16.1. The van der Waals surface area contributed by atoms with Crippen molar-refractivity contribution in [1.29, 1.82) is 0 Å². The van der Waals surface area contributed by atoms with Gasteiger partial charge in [0, 0.05) is 13.2 Å². The van der Waals surface area contributed by atoms with E-state index < -0.39 is 0 Å². The number of pyridine rings is 1. The van der Waals surface area contributed by atoms with E-state index in [1.54, 1.807) is 37.4 Å². The summed E-state index contributed by atoms with van der Waals surface area (Å²) in [5.41, 5.74) is 0.322. The van der Waals surface area contributed by atoms with Crippen LogP contribution in [0.2, 0.25) is 0 Å². The summed E-state index contributed by atoms with van der Waals surface area (Å²) < 4.78 is 0. The topological polar surface area (TPSA) is 79.8 Å². The number of anilines is 2. The number of nitrogens with zero attached hydrogens (tertiary/aromatic N) is 3. The minimum Gasteiger partial charge on any atom is -0.373 e. The Kier molecular flexibility index (Phi) is 3.25. The molecule has 0 unspecified atom stereocenters. The lowest BCUT2D eigenvalue weighted by Gasteiger charge is -2.04. The maximum absolute atomic E-state index is 11.8. The summed E-state index contributed by atoms with van der Waals surface area (Å²) in [6.07, 6.45) is 1.54. The molecule has 0 atom stereocenters. The molecule has 2 N–H and O–H groups in total. The molecular formula is C11H11N5O. The molecule has 0 aliphatic heterocycles. The molecule has 0 aromatic carbocycles. The Balaban J connectivity index is 2.14. The van der Waals surface area contributed by atoms with E-state index in [-0.39, 0.29) is 5.91 Å². The number of aromatic nitrogens is 3. The van der Waals surface area contributed by atoms with Gasteiger partial charge in [0.2, 0.25) is 0 Å². The molecular weight excluding hydrogens is 218 g/mol. The first-order valence-electron chi connectivity index (χ1n) is 5.03. The van der Waals surface area contributed by atoms with E-state index in [1.165, 1.54) is 6.20 Å². The molecule has 2 aromatic heterocycles. The lowest BCUT2D eigenvalue weighted by Crippen LogP contribution is -2.15. The van der Waals surface area contributed by atoms with E-state index in [0.717, 1.165) is 0 Å². The van der Waals surface area contributed by atoms with E-state index in [2.05, 4.69) is 25.8 Å². The summed E-state index contributed by atoms with van der Waals surface area (Å²) in [6, 6.07) is 8.52. The summed E-state index contributed by atoms with van der Waals surface area (Å²) in [5.74, 6) is 0.716. The molecule has 2 aromatic rings. The number of hydrogen-bond acceptors (Lipinski definition) is 5. The third kappa shape index (κ3) is 2.75. The molecule has 6 nitrogen and oxygen atoms in total. The van der Waals surface area contributed by atoms with E-state index in [4.69, 9.17) is 0 Å². The predicted octanol–water partition coefficient (Wildman–Crippen LogP) is 1.17. The molecule has 1 amide bonds. The zero-order valence-corrected chi connectivity index (χ0v) is 9.21. The summed E-state index contributed by atoms with van der Waals surface area (Å²) in [4.78, 5) is 15.9. The molecule has 0 saturated heterocycles. The van der Waals surface area contributed by atoms with Crippen LogP contribution < -0.4 is 10.6 Å². The lowest BCUT2D eigenvalue weighted by molar-refractivity contribution is 0.102. The van der Waals surface area contributed by atoms with Gasteiger partial charge in [-0.3, -0.25) is 4.79 Å².